The van der Waals surface area contributed by atoms with Gasteiger partial charge in [0.1, 0.15) is 23.9 Å². The number of halogens is 2. The number of nitrogens with one attached hydrogen (secondary N) is 1. The van der Waals surface area contributed by atoms with Crippen molar-refractivity contribution in [1.29, 1.82) is 0 Å². The quantitative estimate of drug-likeness (QED) is 0.593. The van der Waals surface area contributed by atoms with Crippen molar-refractivity contribution in [3.8, 4) is 5.75 Å². The molecule has 9 heteroatoms. The molecular formula is C22H20F2N2O4S. The van der Waals surface area contributed by atoms with Crippen LogP contribution in [0.3, 0.4) is 0 Å². The van der Waals surface area contributed by atoms with Crippen molar-refractivity contribution in [2.24, 2.45) is 0 Å². The minimum absolute atomic E-state index is 0.00493. The van der Waals surface area contributed by atoms with E-state index >= 15 is 0 Å². The highest BCUT2D eigenvalue weighted by atomic mass is 32.2. The second-order valence-electron chi connectivity index (χ2n) is 6.70. The molecule has 0 aromatic heterocycles. The van der Waals surface area contributed by atoms with Crippen molar-refractivity contribution in [1.82, 2.24) is 0 Å². The topological polar surface area (TPSA) is 75.7 Å². The molecule has 0 saturated heterocycles. The van der Waals surface area contributed by atoms with E-state index in [9.17, 15) is 22.0 Å². The molecule has 0 fully saturated rings. The van der Waals surface area contributed by atoms with E-state index in [1.807, 2.05) is 6.92 Å². The van der Waals surface area contributed by atoms with Crippen LogP contribution in [-0.2, 0) is 14.8 Å². The van der Waals surface area contributed by atoms with Crippen molar-refractivity contribution in [3.05, 3.63) is 83.9 Å². The number of methoxy groups -OCH3 is 1. The van der Waals surface area contributed by atoms with Crippen LogP contribution < -0.4 is 14.4 Å². The van der Waals surface area contributed by atoms with Crippen LogP contribution in [-0.4, -0.2) is 28.0 Å². The summed E-state index contributed by atoms with van der Waals surface area (Å²) < 4.78 is 59.6. The van der Waals surface area contributed by atoms with Gasteiger partial charge in [-0.25, -0.2) is 17.2 Å². The number of benzene rings is 3. The molecule has 1 N–H and O–H groups in total. The average Bonchev–Trinajstić information content (AvgIpc) is 2.74. The third-order valence-corrected chi connectivity index (χ3v) is 6.25. The number of amides is 1. The van der Waals surface area contributed by atoms with Crippen LogP contribution in [0.15, 0.2) is 71.6 Å². The highest BCUT2D eigenvalue weighted by molar-refractivity contribution is 7.92. The molecule has 3 rings (SSSR count). The summed E-state index contributed by atoms with van der Waals surface area (Å²) in [5, 5.41) is 2.28. The lowest BCUT2D eigenvalue weighted by molar-refractivity contribution is -0.114. The zero-order chi connectivity index (χ0) is 22.6. The smallest absolute Gasteiger partial charge is 0.264 e. The molecule has 3 aromatic rings. The predicted molar refractivity (Wildman–Crippen MR) is 114 cm³/mol. The van der Waals surface area contributed by atoms with Crippen LogP contribution in [0.25, 0.3) is 0 Å². The van der Waals surface area contributed by atoms with Crippen LogP contribution >= 0.6 is 0 Å². The van der Waals surface area contributed by atoms with E-state index in [4.69, 9.17) is 4.74 Å². The molecule has 6 nitrogen and oxygen atoms in total. The predicted octanol–water partition coefficient (Wildman–Crippen LogP) is 4.12. The van der Waals surface area contributed by atoms with Crippen molar-refractivity contribution >= 4 is 27.3 Å². The lowest BCUT2D eigenvalue weighted by Crippen LogP contribution is -2.38. The van der Waals surface area contributed by atoms with Crippen LogP contribution in [0.5, 0.6) is 5.75 Å². The number of carbonyl (C=O) groups excluding carboxylic acids is 1. The Hall–Kier alpha value is -3.46. The molecule has 0 spiro atoms. The van der Waals surface area contributed by atoms with Gasteiger partial charge in [-0.2, -0.15) is 0 Å². The zero-order valence-electron chi connectivity index (χ0n) is 16.8. The summed E-state index contributed by atoms with van der Waals surface area (Å²) in [7, 11) is -2.64. The maximum atomic E-state index is 13.9. The first kappa shape index (κ1) is 22.2. The number of sulfonamides is 1. The van der Waals surface area contributed by atoms with E-state index in [2.05, 4.69) is 5.32 Å². The summed E-state index contributed by atoms with van der Waals surface area (Å²) >= 11 is 0. The Labute approximate surface area is 179 Å². The van der Waals surface area contributed by atoms with Gasteiger partial charge in [-0.15, -0.1) is 0 Å². The largest absolute Gasteiger partial charge is 0.497 e. The molecule has 0 aliphatic heterocycles. The van der Waals surface area contributed by atoms with Gasteiger partial charge in [0.25, 0.3) is 10.0 Å². The fourth-order valence-corrected chi connectivity index (χ4v) is 4.23. The van der Waals surface area contributed by atoms with Gasteiger partial charge < -0.3 is 10.1 Å². The monoisotopic (exact) mass is 446 g/mol. The van der Waals surface area contributed by atoms with E-state index < -0.39 is 34.1 Å². The molecule has 31 heavy (non-hydrogen) atoms. The molecule has 0 radical (unpaired) electrons. The Morgan fingerprint density at radius 3 is 2.23 bits per heavy atom. The molecule has 0 heterocycles. The summed E-state index contributed by atoms with van der Waals surface area (Å²) in [6, 6.07) is 15.0. The van der Waals surface area contributed by atoms with E-state index in [0.29, 0.717) is 11.8 Å². The maximum absolute atomic E-state index is 13.9. The van der Waals surface area contributed by atoms with Crippen molar-refractivity contribution in [2.45, 2.75) is 11.8 Å². The van der Waals surface area contributed by atoms with Gasteiger partial charge >= 0.3 is 0 Å². The molecule has 0 aliphatic carbocycles. The third-order valence-electron chi connectivity index (χ3n) is 4.46. The Morgan fingerprint density at radius 2 is 1.65 bits per heavy atom. The van der Waals surface area contributed by atoms with Gasteiger partial charge in [0, 0.05) is 6.07 Å². The number of anilines is 2. The van der Waals surface area contributed by atoms with Gasteiger partial charge in [-0.05, 0) is 55.5 Å². The standard InChI is InChI=1S/C22H20F2N2O4S/c1-15-3-10-19(11-4-15)31(28,29)26(17-6-8-18(30-2)9-7-17)14-22(27)25-21-12-5-16(23)13-20(21)24/h3-13H,14H2,1-2H3,(H,25,27). The molecule has 0 bridgehead atoms. The third kappa shape index (κ3) is 5.18. The number of hydrogen-bond donors (Lipinski definition) is 1. The Balaban J connectivity index is 1.94. The molecule has 3 aromatic carbocycles. The first-order valence-electron chi connectivity index (χ1n) is 9.19. The number of ether oxygens (including phenoxy) is 1. The van der Waals surface area contributed by atoms with Gasteiger partial charge in [-0.3, -0.25) is 9.10 Å². The number of rotatable bonds is 7. The molecule has 0 unspecified atom stereocenters. The highest BCUT2D eigenvalue weighted by Gasteiger charge is 2.27. The molecule has 0 aliphatic rings. The van der Waals surface area contributed by atoms with Gasteiger partial charge in [0.05, 0.1) is 23.4 Å². The van der Waals surface area contributed by atoms with Crippen LogP contribution in [0.4, 0.5) is 20.2 Å². The van der Waals surface area contributed by atoms with Crippen LogP contribution in [0.1, 0.15) is 5.56 Å². The van der Waals surface area contributed by atoms with E-state index in [-0.39, 0.29) is 16.3 Å². The summed E-state index contributed by atoms with van der Waals surface area (Å²) in [5.41, 5.74) is 0.837. The second kappa shape index (κ2) is 9.13. The summed E-state index contributed by atoms with van der Waals surface area (Å²) in [5.74, 6) is -2.05. The number of aryl methyl sites for hydroxylation is 1. The molecule has 1 amide bonds. The Kier molecular flexibility index (Phi) is 6.55. The summed E-state index contributed by atoms with van der Waals surface area (Å²) in [6.45, 7) is 1.20. The second-order valence-corrected chi connectivity index (χ2v) is 8.56. The lowest BCUT2D eigenvalue weighted by Gasteiger charge is -2.24. The van der Waals surface area contributed by atoms with Gasteiger partial charge in [0.15, 0.2) is 0 Å². The van der Waals surface area contributed by atoms with Crippen molar-refractivity contribution in [2.75, 3.05) is 23.3 Å². The van der Waals surface area contributed by atoms with Crippen LogP contribution in [0, 0.1) is 18.6 Å². The first-order chi connectivity index (χ1) is 14.7. The fraction of sp³-hybridized carbons (Fsp3) is 0.136. The first-order valence-corrected chi connectivity index (χ1v) is 10.6. The minimum Gasteiger partial charge on any atom is -0.497 e. The van der Waals surface area contributed by atoms with E-state index in [1.54, 1.807) is 24.3 Å². The SMILES string of the molecule is COc1ccc(N(CC(=O)Nc2ccc(F)cc2F)S(=O)(=O)c2ccc(C)cc2)cc1. The Morgan fingerprint density at radius 1 is 1.00 bits per heavy atom. The molecular weight excluding hydrogens is 426 g/mol. The summed E-state index contributed by atoms with van der Waals surface area (Å²) in [6.07, 6.45) is 0. The molecule has 0 saturated carbocycles. The molecule has 162 valence electrons. The van der Waals surface area contributed by atoms with Crippen LogP contribution in [0.2, 0.25) is 0 Å². The van der Waals surface area contributed by atoms with Gasteiger partial charge in [-0.1, -0.05) is 17.7 Å². The van der Waals surface area contributed by atoms with Crippen molar-refractivity contribution < 1.29 is 26.7 Å². The number of nitrogens with zero attached hydrogens (tertiary/aromatic N) is 1. The summed E-state index contributed by atoms with van der Waals surface area (Å²) in [4.78, 5) is 12.6. The Bertz CT molecular complexity index is 1180. The highest BCUT2D eigenvalue weighted by Crippen LogP contribution is 2.26. The van der Waals surface area contributed by atoms with E-state index in [0.717, 1.165) is 22.0 Å². The normalized spacial score (nSPS) is 11.1. The number of hydrogen-bond acceptors (Lipinski definition) is 4. The average molecular weight is 446 g/mol. The molecule has 0 atom stereocenters. The van der Waals surface area contributed by atoms with E-state index in [1.165, 1.54) is 31.4 Å². The number of carbonyl (C=O) groups is 1. The lowest BCUT2D eigenvalue weighted by atomic mass is 10.2. The fourth-order valence-electron chi connectivity index (χ4n) is 2.81. The zero-order valence-corrected chi connectivity index (χ0v) is 17.6. The van der Waals surface area contributed by atoms with Gasteiger partial charge in [0.2, 0.25) is 5.91 Å². The maximum Gasteiger partial charge on any atom is 0.264 e. The minimum atomic E-state index is -4.12. The van der Waals surface area contributed by atoms with Crippen molar-refractivity contribution in [3.63, 3.8) is 0 Å².